The molecule has 2 rings (SSSR count). The zero-order valence-corrected chi connectivity index (χ0v) is 13.9. The van der Waals surface area contributed by atoms with Gasteiger partial charge in [-0.25, -0.2) is 0 Å². The summed E-state index contributed by atoms with van der Waals surface area (Å²) in [6.45, 7) is 7.33. The summed E-state index contributed by atoms with van der Waals surface area (Å²) < 4.78 is 5.90. The van der Waals surface area contributed by atoms with E-state index in [1.807, 2.05) is 6.07 Å². The van der Waals surface area contributed by atoms with Gasteiger partial charge in [-0.05, 0) is 51.8 Å². The first-order valence-corrected chi connectivity index (χ1v) is 8.19. The van der Waals surface area contributed by atoms with Crippen molar-refractivity contribution >= 4 is 0 Å². The molecular formula is C20H27NO. The Labute approximate surface area is 134 Å². The molecule has 0 fully saturated rings. The normalized spacial score (nSPS) is 12.4. The van der Waals surface area contributed by atoms with Crippen LogP contribution in [0.5, 0.6) is 5.75 Å². The molecule has 0 amide bonds. The molecule has 0 aliphatic heterocycles. The molecule has 1 unspecified atom stereocenters. The van der Waals surface area contributed by atoms with Crippen LogP contribution in [0.1, 0.15) is 44.4 Å². The minimum Gasteiger partial charge on any atom is -0.491 e. The van der Waals surface area contributed by atoms with Crippen molar-refractivity contribution in [2.24, 2.45) is 0 Å². The molecule has 0 radical (unpaired) electrons. The first kappa shape index (κ1) is 16.6. The van der Waals surface area contributed by atoms with E-state index in [1.165, 1.54) is 11.1 Å². The number of hydrogen-bond acceptors (Lipinski definition) is 2. The number of para-hydroxylation sites is 1. The van der Waals surface area contributed by atoms with E-state index in [0.717, 1.165) is 25.1 Å². The Kier molecular flexibility index (Phi) is 6.47. The molecule has 22 heavy (non-hydrogen) atoms. The van der Waals surface area contributed by atoms with E-state index < -0.39 is 0 Å². The molecule has 0 saturated carbocycles. The monoisotopic (exact) mass is 297 g/mol. The third-order valence-corrected chi connectivity index (χ3v) is 3.68. The van der Waals surface area contributed by atoms with E-state index in [9.17, 15) is 0 Å². The lowest BCUT2D eigenvalue weighted by atomic mass is 10.1. The Morgan fingerprint density at radius 1 is 0.909 bits per heavy atom. The van der Waals surface area contributed by atoms with Gasteiger partial charge in [-0.15, -0.1) is 0 Å². The van der Waals surface area contributed by atoms with Crippen LogP contribution in [-0.2, 0) is 6.42 Å². The van der Waals surface area contributed by atoms with E-state index in [2.05, 4.69) is 74.6 Å². The van der Waals surface area contributed by atoms with E-state index in [0.29, 0.717) is 6.04 Å². The zero-order chi connectivity index (χ0) is 15.8. The van der Waals surface area contributed by atoms with Gasteiger partial charge < -0.3 is 10.1 Å². The van der Waals surface area contributed by atoms with Crippen molar-refractivity contribution in [2.45, 2.75) is 45.8 Å². The average Bonchev–Trinajstić information content (AvgIpc) is 2.52. The second-order valence-electron chi connectivity index (χ2n) is 5.97. The number of nitrogens with one attached hydrogen (secondary N) is 1. The third-order valence-electron chi connectivity index (χ3n) is 3.68. The van der Waals surface area contributed by atoms with Gasteiger partial charge in [0.2, 0.25) is 0 Å². The van der Waals surface area contributed by atoms with Crippen LogP contribution in [0.4, 0.5) is 0 Å². The highest BCUT2D eigenvalue weighted by Crippen LogP contribution is 2.25. The Balaban J connectivity index is 1.83. The standard InChI is InChI=1S/C20H27NO/c1-16(2)22-20-14-8-7-13-19(20)17(3)21-15-9-12-18-10-5-4-6-11-18/h4-8,10-11,13-14,16-17,21H,9,12,15H2,1-3H3. The fourth-order valence-corrected chi connectivity index (χ4v) is 2.57. The molecule has 0 saturated heterocycles. The van der Waals surface area contributed by atoms with Crippen molar-refractivity contribution in [1.82, 2.24) is 5.32 Å². The minimum atomic E-state index is 0.200. The molecule has 1 atom stereocenters. The van der Waals surface area contributed by atoms with Crippen LogP contribution in [-0.4, -0.2) is 12.6 Å². The minimum absolute atomic E-state index is 0.200. The van der Waals surface area contributed by atoms with Crippen LogP contribution in [0, 0.1) is 0 Å². The van der Waals surface area contributed by atoms with Crippen molar-refractivity contribution in [3.63, 3.8) is 0 Å². The molecule has 0 aliphatic rings. The molecule has 2 aromatic rings. The number of ether oxygens (including phenoxy) is 1. The maximum Gasteiger partial charge on any atom is 0.124 e. The van der Waals surface area contributed by atoms with Crippen molar-refractivity contribution < 1.29 is 4.74 Å². The van der Waals surface area contributed by atoms with Gasteiger partial charge in [0, 0.05) is 11.6 Å². The fraction of sp³-hybridized carbons (Fsp3) is 0.400. The largest absolute Gasteiger partial charge is 0.491 e. The Morgan fingerprint density at radius 3 is 2.32 bits per heavy atom. The molecule has 2 nitrogen and oxygen atoms in total. The maximum atomic E-state index is 5.90. The highest BCUT2D eigenvalue weighted by Gasteiger charge is 2.11. The summed E-state index contributed by atoms with van der Waals surface area (Å²) in [6.07, 6.45) is 2.46. The molecule has 1 N–H and O–H groups in total. The van der Waals surface area contributed by atoms with Gasteiger partial charge >= 0.3 is 0 Å². The van der Waals surface area contributed by atoms with Crippen molar-refractivity contribution in [1.29, 1.82) is 0 Å². The summed E-state index contributed by atoms with van der Waals surface area (Å²) in [5, 5.41) is 3.60. The van der Waals surface area contributed by atoms with E-state index >= 15 is 0 Å². The first-order valence-electron chi connectivity index (χ1n) is 8.19. The van der Waals surface area contributed by atoms with Gasteiger partial charge in [0.15, 0.2) is 0 Å². The van der Waals surface area contributed by atoms with E-state index in [1.54, 1.807) is 0 Å². The van der Waals surface area contributed by atoms with Crippen LogP contribution in [0.3, 0.4) is 0 Å². The van der Waals surface area contributed by atoms with Gasteiger partial charge in [-0.3, -0.25) is 0 Å². The van der Waals surface area contributed by atoms with E-state index in [4.69, 9.17) is 4.74 Å². The van der Waals surface area contributed by atoms with Gasteiger partial charge in [0.25, 0.3) is 0 Å². The lowest BCUT2D eigenvalue weighted by Gasteiger charge is -2.20. The third kappa shape index (κ3) is 5.19. The Hall–Kier alpha value is -1.80. The van der Waals surface area contributed by atoms with Crippen molar-refractivity contribution in [3.8, 4) is 5.75 Å². The highest BCUT2D eigenvalue weighted by atomic mass is 16.5. The van der Waals surface area contributed by atoms with Gasteiger partial charge in [0.05, 0.1) is 6.10 Å². The summed E-state index contributed by atoms with van der Waals surface area (Å²) in [5.74, 6) is 0.987. The second kappa shape index (κ2) is 8.60. The van der Waals surface area contributed by atoms with Gasteiger partial charge in [-0.1, -0.05) is 48.5 Å². The molecule has 0 bridgehead atoms. The number of rotatable bonds is 8. The predicted octanol–water partition coefficient (Wildman–Crippen LogP) is 4.76. The average molecular weight is 297 g/mol. The Morgan fingerprint density at radius 2 is 1.59 bits per heavy atom. The molecular weight excluding hydrogens is 270 g/mol. The van der Waals surface area contributed by atoms with Crippen LogP contribution in [0.15, 0.2) is 54.6 Å². The van der Waals surface area contributed by atoms with Gasteiger partial charge in [-0.2, -0.15) is 0 Å². The maximum absolute atomic E-state index is 5.90. The predicted molar refractivity (Wildman–Crippen MR) is 93.4 cm³/mol. The summed E-state index contributed by atoms with van der Waals surface area (Å²) in [4.78, 5) is 0. The summed E-state index contributed by atoms with van der Waals surface area (Å²) >= 11 is 0. The number of hydrogen-bond donors (Lipinski definition) is 1. The lowest BCUT2D eigenvalue weighted by Crippen LogP contribution is -2.21. The molecule has 0 spiro atoms. The Bertz CT molecular complexity index is 551. The number of aryl methyl sites for hydroxylation is 1. The van der Waals surface area contributed by atoms with Crippen molar-refractivity contribution in [2.75, 3.05) is 6.54 Å². The van der Waals surface area contributed by atoms with Gasteiger partial charge in [0.1, 0.15) is 5.75 Å². The molecule has 2 aromatic carbocycles. The SMILES string of the molecule is CC(C)Oc1ccccc1C(C)NCCCc1ccccc1. The summed E-state index contributed by atoms with van der Waals surface area (Å²) in [5.41, 5.74) is 2.64. The molecule has 0 aliphatic carbocycles. The van der Waals surface area contributed by atoms with Crippen LogP contribution in [0.25, 0.3) is 0 Å². The summed E-state index contributed by atoms with van der Waals surface area (Å²) in [7, 11) is 0. The molecule has 0 aromatic heterocycles. The van der Waals surface area contributed by atoms with Crippen LogP contribution < -0.4 is 10.1 Å². The number of benzene rings is 2. The quantitative estimate of drug-likeness (QED) is 0.709. The molecule has 2 heteroatoms. The second-order valence-corrected chi connectivity index (χ2v) is 5.97. The first-order chi connectivity index (χ1) is 10.7. The van der Waals surface area contributed by atoms with Crippen molar-refractivity contribution in [3.05, 3.63) is 65.7 Å². The fourth-order valence-electron chi connectivity index (χ4n) is 2.57. The highest BCUT2D eigenvalue weighted by molar-refractivity contribution is 5.35. The summed E-state index contributed by atoms with van der Waals surface area (Å²) in [6, 6.07) is 19.2. The zero-order valence-electron chi connectivity index (χ0n) is 13.9. The van der Waals surface area contributed by atoms with Crippen LogP contribution >= 0.6 is 0 Å². The lowest BCUT2D eigenvalue weighted by molar-refractivity contribution is 0.238. The van der Waals surface area contributed by atoms with E-state index in [-0.39, 0.29) is 6.10 Å². The topological polar surface area (TPSA) is 21.3 Å². The van der Waals surface area contributed by atoms with Crippen LogP contribution in [0.2, 0.25) is 0 Å². The smallest absolute Gasteiger partial charge is 0.124 e. The molecule has 118 valence electrons. The molecule has 0 heterocycles.